The number of anilines is 1. The molecule has 22 heavy (non-hydrogen) atoms. The number of nitrogens with one attached hydrogen (secondary N) is 2. The van der Waals surface area contributed by atoms with Gasteiger partial charge in [-0.3, -0.25) is 9.59 Å². The third kappa shape index (κ3) is 4.57. The maximum Gasteiger partial charge on any atom is 0.261 e. The van der Waals surface area contributed by atoms with Crippen molar-refractivity contribution in [1.82, 2.24) is 5.32 Å². The van der Waals surface area contributed by atoms with Crippen molar-refractivity contribution in [3.63, 3.8) is 0 Å². The number of benzene rings is 1. The molecule has 2 aromatic rings. The summed E-state index contributed by atoms with van der Waals surface area (Å²) in [5, 5.41) is 7.31. The van der Waals surface area contributed by atoms with Crippen molar-refractivity contribution >= 4 is 44.8 Å². The zero-order chi connectivity index (χ0) is 15.9. The second-order valence-electron chi connectivity index (χ2n) is 4.38. The molecule has 2 rings (SSSR count). The van der Waals surface area contributed by atoms with Crippen LogP contribution in [-0.2, 0) is 4.79 Å². The van der Waals surface area contributed by atoms with Gasteiger partial charge in [0.1, 0.15) is 5.75 Å². The standard InChI is InChI=1S/C15H15BrN2O3S/c1-21-12-5-4-10(16)9-11(12)18-14(19)6-7-17-15(20)13-3-2-8-22-13/h2-5,8-9H,6-7H2,1H3,(H,17,20)(H,18,19). The van der Waals surface area contributed by atoms with Gasteiger partial charge in [-0.25, -0.2) is 0 Å². The minimum atomic E-state index is -0.192. The molecule has 0 unspecified atom stereocenters. The average molecular weight is 383 g/mol. The molecule has 116 valence electrons. The number of thiophene rings is 1. The normalized spacial score (nSPS) is 10.1. The monoisotopic (exact) mass is 382 g/mol. The second-order valence-corrected chi connectivity index (χ2v) is 6.24. The molecule has 1 aromatic heterocycles. The first kappa shape index (κ1) is 16.5. The molecule has 0 bridgehead atoms. The summed E-state index contributed by atoms with van der Waals surface area (Å²) in [7, 11) is 1.54. The number of halogens is 1. The van der Waals surface area contributed by atoms with Gasteiger partial charge >= 0.3 is 0 Å². The molecule has 1 heterocycles. The van der Waals surface area contributed by atoms with Crippen LogP contribution in [0.1, 0.15) is 16.1 Å². The average Bonchev–Trinajstić information content (AvgIpc) is 3.01. The smallest absolute Gasteiger partial charge is 0.261 e. The highest BCUT2D eigenvalue weighted by Crippen LogP contribution is 2.27. The molecule has 7 heteroatoms. The van der Waals surface area contributed by atoms with E-state index in [0.717, 1.165) is 4.47 Å². The Kier molecular flexibility index (Phi) is 5.97. The lowest BCUT2D eigenvalue weighted by Crippen LogP contribution is -2.27. The Morgan fingerprint density at radius 1 is 1.32 bits per heavy atom. The van der Waals surface area contributed by atoms with Crippen molar-refractivity contribution in [3.8, 4) is 5.75 Å². The van der Waals surface area contributed by atoms with E-state index >= 15 is 0 Å². The van der Waals surface area contributed by atoms with Crippen LogP contribution < -0.4 is 15.4 Å². The molecular weight excluding hydrogens is 368 g/mol. The Morgan fingerprint density at radius 2 is 2.14 bits per heavy atom. The minimum absolute atomic E-state index is 0.164. The number of rotatable bonds is 6. The lowest BCUT2D eigenvalue weighted by atomic mass is 10.2. The summed E-state index contributed by atoms with van der Waals surface area (Å²) in [5.74, 6) is 0.227. The van der Waals surface area contributed by atoms with Crippen LogP contribution in [0.5, 0.6) is 5.75 Å². The van der Waals surface area contributed by atoms with Gasteiger partial charge in [0, 0.05) is 17.4 Å². The van der Waals surface area contributed by atoms with E-state index < -0.39 is 0 Å². The van der Waals surface area contributed by atoms with E-state index in [2.05, 4.69) is 26.6 Å². The van der Waals surface area contributed by atoms with Gasteiger partial charge in [-0.1, -0.05) is 22.0 Å². The van der Waals surface area contributed by atoms with Crippen molar-refractivity contribution in [2.45, 2.75) is 6.42 Å². The summed E-state index contributed by atoms with van der Waals surface area (Å²) in [6.07, 6.45) is 0.187. The first-order valence-corrected chi connectivity index (χ1v) is 8.22. The molecule has 0 atom stereocenters. The van der Waals surface area contributed by atoms with E-state index in [0.29, 0.717) is 16.3 Å². The Bertz CT molecular complexity index is 659. The van der Waals surface area contributed by atoms with Crippen molar-refractivity contribution in [1.29, 1.82) is 0 Å². The summed E-state index contributed by atoms with van der Waals surface area (Å²) in [6, 6.07) is 8.91. The van der Waals surface area contributed by atoms with Gasteiger partial charge in [0.25, 0.3) is 5.91 Å². The van der Waals surface area contributed by atoms with Crippen LogP contribution >= 0.6 is 27.3 Å². The van der Waals surface area contributed by atoms with Crippen LogP contribution in [0.2, 0.25) is 0 Å². The highest BCUT2D eigenvalue weighted by Gasteiger charge is 2.10. The molecule has 0 spiro atoms. The highest BCUT2D eigenvalue weighted by atomic mass is 79.9. The largest absolute Gasteiger partial charge is 0.495 e. The van der Waals surface area contributed by atoms with Gasteiger partial charge in [0.05, 0.1) is 17.7 Å². The Labute approximate surface area is 140 Å². The molecule has 0 radical (unpaired) electrons. The summed E-state index contributed by atoms with van der Waals surface area (Å²) in [6.45, 7) is 0.277. The predicted molar refractivity (Wildman–Crippen MR) is 90.6 cm³/mol. The molecule has 0 aliphatic heterocycles. The predicted octanol–water partition coefficient (Wildman–Crippen LogP) is 3.28. The zero-order valence-corrected chi connectivity index (χ0v) is 14.3. The fourth-order valence-corrected chi connectivity index (χ4v) is 2.78. The lowest BCUT2D eigenvalue weighted by molar-refractivity contribution is -0.116. The maximum absolute atomic E-state index is 11.9. The fraction of sp³-hybridized carbons (Fsp3) is 0.200. The van der Waals surface area contributed by atoms with E-state index in [-0.39, 0.29) is 24.8 Å². The van der Waals surface area contributed by atoms with Gasteiger partial charge in [-0.15, -0.1) is 11.3 Å². The number of ether oxygens (including phenoxy) is 1. The van der Waals surface area contributed by atoms with Gasteiger partial charge in [0.15, 0.2) is 0 Å². The lowest BCUT2D eigenvalue weighted by Gasteiger charge is -2.10. The van der Waals surface area contributed by atoms with Crippen LogP contribution in [0.15, 0.2) is 40.2 Å². The highest BCUT2D eigenvalue weighted by molar-refractivity contribution is 9.10. The number of hydrogen-bond donors (Lipinski definition) is 2. The third-order valence-electron chi connectivity index (χ3n) is 2.82. The minimum Gasteiger partial charge on any atom is -0.495 e. The molecule has 2 N–H and O–H groups in total. The molecular formula is C15H15BrN2O3S. The molecule has 0 aliphatic carbocycles. The van der Waals surface area contributed by atoms with Crippen LogP contribution in [0.4, 0.5) is 5.69 Å². The van der Waals surface area contributed by atoms with E-state index in [1.54, 1.807) is 25.3 Å². The van der Waals surface area contributed by atoms with Gasteiger partial charge < -0.3 is 15.4 Å². The van der Waals surface area contributed by atoms with Crippen LogP contribution in [0.25, 0.3) is 0 Å². The van der Waals surface area contributed by atoms with Crippen LogP contribution in [-0.4, -0.2) is 25.5 Å². The molecule has 0 saturated heterocycles. The Hall–Kier alpha value is -1.86. The first-order chi connectivity index (χ1) is 10.6. The topological polar surface area (TPSA) is 67.4 Å². The van der Waals surface area contributed by atoms with E-state index in [1.165, 1.54) is 11.3 Å². The van der Waals surface area contributed by atoms with E-state index in [1.807, 2.05) is 17.5 Å². The molecule has 0 fully saturated rings. The van der Waals surface area contributed by atoms with Gasteiger partial charge in [-0.2, -0.15) is 0 Å². The third-order valence-corrected chi connectivity index (χ3v) is 4.18. The second kappa shape index (κ2) is 7.95. The molecule has 2 amide bonds. The van der Waals surface area contributed by atoms with Crippen molar-refractivity contribution in [2.24, 2.45) is 0 Å². The van der Waals surface area contributed by atoms with Crippen LogP contribution in [0.3, 0.4) is 0 Å². The van der Waals surface area contributed by atoms with Crippen molar-refractivity contribution < 1.29 is 14.3 Å². The summed E-state index contributed by atoms with van der Waals surface area (Å²) < 4.78 is 6.03. The summed E-state index contributed by atoms with van der Waals surface area (Å²) in [4.78, 5) is 24.3. The van der Waals surface area contributed by atoms with Crippen molar-refractivity contribution in [3.05, 3.63) is 45.1 Å². The fourth-order valence-electron chi connectivity index (χ4n) is 1.78. The van der Waals surface area contributed by atoms with Crippen molar-refractivity contribution in [2.75, 3.05) is 19.0 Å². The van der Waals surface area contributed by atoms with E-state index in [9.17, 15) is 9.59 Å². The number of carbonyl (C=O) groups is 2. The Morgan fingerprint density at radius 3 is 2.82 bits per heavy atom. The molecule has 0 saturated carbocycles. The Balaban J connectivity index is 1.83. The number of amides is 2. The van der Waals surface area contributed by atoms with Gasteiger partial charge in [-0.05, 0) is 29.6 Å². The SMILES string of the molecule is COc1ccc(Br)cc1NC(=O)CCNC(=O)c1cccs1. The molecule has 5 nitrogen and oxygen atoms in total. The number of carbonyl (C=O) groups excluding carboxylic acids is 2. The number of methoxy groups -OCH3 is 1. The zero-order valence-electron chi connectivity index (χ0n) is 11.9. The van der Waals surface area contributed by atoms with Gasteiger partial charge in [0.2, 0.25) is 5.91 Å². The van der Waals surface area contributed by atoms with Crippen LogP contribution in [0, 0.1) is 0 Å². The first-order valence-electron chi connectivity index (χ1n) is 6.55. The summed E-state index contributed by atoms with van der Waals surface area (Å²) >= 11 is 4.71. The molecule has 1 aromatic carbocycles. The molecule has 0 aliphatic rings. The summed E-state index contributed by atoms with van der Waals surface area (Å²) in [5.41, 5.74) is 0.589. The maximum atomic E-state index is 11.9. The van der Waals surface area contributed by atoms with E-state index in [4.69, 9.17) is 4.74 Å². The number of hydrogen-bond acceptors (Lipinski definition) is 4. The quantitative estimate of drug-likeness (QED) is 0.805.